The summed E-state index contributed by atoms with van der Waals surface area (Å²) in [7, 11) is -3.79. The van der Waals surface area contributed by atoms with Crippen LogP contribution in [-0.2, 0) is 16.6 Å². The predicted octanol–water partition coefficient (Wildman–Crippen LogP) is 4.38. The second-order valence-electron chi connectivity index (χ2n) is 6.26. The Kier molecular flexibility index (Phi) is 6.02. The summed E-state index contributed by atoms with van der Waals surface area (Å²) < 4.78 is 27.7. The van der Waals surface area contributed by atoms with E-state index >= 15 is 0 Å². The lowest BCUT2D eigenvalue weighted by atomic mass is 10.1. The third kappa shape index (κ3) is 4.91. The molecule has 3 rings (SSSR count). The summed E-state index contributed by atoms with van der Waals surface area (Å²) in [6.45, 7) is 2.16. The maximum absolute atomic E-state index is 12.6. The lowest BCUT2D eigenvalue weighted by Gasteiger charge is -2.13. The minimum absolute atomic E-state index is 0.0928. The fourth-order valence-corrected chi connectivity index (χ4v) is 3.82. The molecule has 0 unspecified atom stereocenters. The SMILES string of the molecule is Cc1ccc(C(=O)NCc2ccccc2)cc1NS(=O)(=O)c1ccc(Cl)cc1. The maximum Gasteiger partial charge on any atom is 0.261 e. The monoisotopic (exact) mass is 414 g/mol. The van der Waals surface area contributed by atoms with Gasteiger partial charge in [0.25, 0.3) is 15.9 Å². The number of aryl methyl sites for hydroxylation is 1. The molecule has 0 aliphatic heterocycles. The number of hydrogen-bond acceptors (Lipinski definition) is 3. The molecule has 28 heavy (non-hydrogen) atoms. The van der Waals surface area contributed by atoms with Gasteiger partial charge in [0.2, 0.25) is 0 Å². The Morgan fingerprint density at radius 3 is 2.32 bits per heavy atom. The number of anilines is 1. The second-order valence-corrected chi connectivity index (χ2v) is 8.38. The Labute approximate surface area is 169 Å². The summed E-state index contributed by atoms with van der Waals surface area (Å²) >= 11 is 5.82. The average Bonchev–Trinajstić information content (AvgIpc) is 2.69. The number of halogens is 1. The maximum atomic E-state index is 12.6. The van der Waals surface area contributed by atoms with Gasteiger partial charge in [-0.15, -0.1) is 0 Å². The molecule has 0 radical (unpaired) electrons. The molecular weight excluding hydrogens is 396 g/mol. The van der Waals surface area contributed by atoms with Crippen molar-refractivity contribution in [1.29, 1.82) is 0 Å². The van der Waals surface area contributed by atoms with Gasteiger partial charge in [-0.25, -0.2) is 8.42 Å². The summed E-state index contributed by atoms with van der Waals surface area (Å²) in [6.07, 6.45) is 0. The van der Waals surface area contributed by atoms with Gasteiger partial charge in [0.05, 0.1) is 10.6 Å². The van der Waals surface area contributed by atoms with Gasteiger partial charge in [0, 0.05) is 17.1 Å². The van der Waals surface area contributed by atoms with Crippen molar-refractivity contribution in [3.8, 4) is 0 Å². The predicted molar refractivity (Wildman–Crippen MR) is 111 cm³/mol. The van der Waals surface area contributed by atoms with Crippen molar-refractivity contribution in [3.05, 3.63) is 94.5 Å². The molecule has 0 aromatic heterocycles. The van der Waals surface area contributed by atoms with Crippen molar-refractivity contribution in [1.82, 2.24) is 5.32 Å². The quantitative estimate of drug-likeness (QED) is 0.628. The zero-order valence-corrected chi connectivity index (χ0v) is 16.7. The molecule has 0 aliphatic carbocycles. The van der Waals surface area contributed by atoms with E-state index in [1.165, 1.54) is 30.3 Å². The number of carbonyl (C=O) groups is 1. The van der Waals surface area contributed by atoms with E-state index in [1.807, 2.05) is 30.3 Å². The van der Waals surface area contributed by atoms with Gasteiger partial charge >= 0.3 is 0 Å². The van der Waals surface area contributed by atoms with Gasteiger partial charge in [-0.2, -0.15) is 0 Å². The van der Waals surface area contributed by atoms with E-state index < -0.39 is 10.0 Å². The Bertz CT molecular complexity index is 1080. The van der Waals surface area contributed by atoms with Crippen LogP contribution in [0.5, 0.6) is 0 Å². The van der Waals surface area contributed by atoms with Crippen molar-refractivity contribution >= 4 is 33.2 Å². The molecule has 3 aromatic rings. The highest BCUT2D eigenvalue weighted by atomic mass is 35.5. The summed E-state index contributed by atoms with van der Waals surface area (Å²) in [5, 5.41) is 3.28. The lowest BCUT2D eigenvalue weighted by molar-refractivity contribution is 0.0951. The zero-order chi connectivity index (χ0) is 20.1. The lowest BCUT2D eigenvalue weighted by Crippen LogP contribution is -2.23. The van der Waals surface area contributed by atoms with Crippen molar-refractivity contribution in [2.75, 3.05) is 4.72 Å². The summed E-state index contributed by atoms with van der Waals surface area (Å²) in [5.74, 6) is -0.282. The van der Waals surface area contributed by atoms with Crippen LogP contribution in [0.1, 0.15) is 21.5 Å². The topological polar surface area (TPSA) is 75.3 Å². The molecule has 0 fully saturated rings. The highest BCUT2D eigenvalue weighted by Crippen LogP contribution is 2.22. The molecule has 5 nitrogen and oxygen atoms in total. The number of nitrogens with one attached hydrogen (secondary N) is 2. The Morgan fingerprint density at radius 2 is 1.64 bits per heavy atom. The van der Waals surface area contributed by atoms with Crippen molar-refractivity contribution < 1.29 is 13.2 Å². The minimum Gasteiger partial charge on any atom is -0.348 e. The second kappa shape index (κ2) is 8.46. The van der Waals surface area contributed by atoms with Crippen molar-refractivity contribution in [3.63, 3.8) is 0 Å². The largest absolute Gasteiger partial charge is 0.348 e. The average molecular weight is 415 g/mol. The van der Waals surface area contributed by atoms with Crippen LogP contribution in [-0.4, -0.2) is 14.3 Å². The molecule has 0 saturated heterocycles. The Hall–Kier alpha value is -2.83. The third-order valence-electron chi connectivity index (χ3n) is 4.16. The molecule has 7 heteroatoms. The molecule has 2 N–H and O–H groups in total. The fourth-order valence-electron chi connectivity index (χ4n) is 2.57. The Balaban J connectivity index is 1.77. The molecule has 0 heterocycles. The van der Waals surface area contributed by atoms with E-state index in [2.05, 4.69) is 10.0 Å². The first-order valence-electron chi connectivity index (χ1n) is 8.56. The number of rotatable bonds is 6. The van der Waals surface area contributed by atoms with Gasteiger partial charge < -0.3 is 5.32 Å². The summed E-state index contributed by atoms with van der Waals surface area (Å²) in [6, 6.07) is 20.3. The number of benzene rings is 3. The van der Waals surface area contributed by atoms with Gasteiger partial charge in [-0.1, -0.05) is 48.0 Å². The highest BCUT2D eigenvalue weighted by Gasteiger charge is 2.16. The van der Waals surface area contributed by atoms with Gasteiger partial charge in [-0.05, 0) is 54.4 Å². The van der Waals surface area contributed by atoms with Crippen LogP contribution in [0.3, 0.4) is 0 Å². The summed E-state index contributed by atoms with van der Waals surface area (Å²) in [5.41, 5.74) is 2.40. The number of amides is 1. The molecule has 3 aromatic carbocycles. The fraction of sp³-hybridized carbons (Fsp3) is 0.0952. The smallest absolute Gasteiger partial charge is 0.261 e. The molecule has 144 valence electrons. The molecule has 0 aliphatic rings. The van der Waals surface area contributed by atoms with Crippen LogP contribution in [0.2, 0.25) is 5.02 Å². The van der Waals surface area contributed by atoms with E-state index in [0.29, 0.717) is 28.4 Å². The molecule has 0 atom stereocenters. The summed E-state index contributed by atoms with van der Waals surface area (Å²) in [4.78, 5) is 12.5. The van der Waals surface area contributed by atoms with Crippen LogP contribution in [0.15, 0.2) is 77.7 Å². The molecule has 0 bridgehead atoms. The highest BCUT2D eigenvalue weighted by molar-refractivity contribution is 7.92. The van der Waals surface area contributed by atoms with E-state index in [9.17, 15) is 13.2 Å². The molecule has 1 amide bonds. The van der Waals surface area contributed by atoms with Crippen LogP contribution >= 0.6 is 11.6 Å². The molecule has 0 spiro atoms. The van der Waals surface area contributed by atoms with Gasteiger partial charge in [0.15, 0.2) is 0 Å². The minimum atomic E-state index is -3.79. The normalized spacial score (nSPS) is 11.1. The van der Waals surface area contributed by atoms with E-state index in [-0.39, 0.29) is 10.8 Å². The first-order chi connectivity index (χ1) is 13.3. The number of carbonyl (C=O) groups excluding carboxylic acids is 1. The van der Waals surface area contributed by atoms with Gasteiger partial charge in [-0.3, -0.25) is 9.52 Å². The van der Waals surface area contributed by atoms with Crippen molar-refractivity contribution in [2.45, 2.75) is 18.4 Å². The van der Waals surface area contributed by atoms with Crippen molar-refractivity contribution in [2.24, 2.45) is 0 Å². The van der Waals surface area contributed by atoms with E-state index in [4.69, 9.17) is 11.6 Å². The Morgan fingerprint density at radius 1 is 0.964 bits per heavy atom. The van der Waals surface area contributed by atoms with Crippen LogP contribution in [0, 0.1) is 6.92 Å². The van der Waals surface area contributed by atoms with E-state index in [1.54, 1.807) is 19.1 Å². The third-order valence-corrected chi connectivity index (χ3v) is 5.80. The molecule has 0 saturated carbocycles. The first kappa shape index (κ1) is 19.9. The first-order valence-corrected chi connectivity index (χ1v) is 10.4. The van der Waals surface area contributed by atoms with Crippen LogP contribution in [0.4, 0.5) is 5.69 Å². The standard InChI is InChI=1S/C21H19ClN2O3S/c1-15-7-8-17(21(25)23-14-16-5-3-2-4-6-16)13-20(15)24-28(26,27)19-11-9-18(22)10-12-19/h2-13,24H,14H2,1H3,(H,23,25). The van der Waals surface area contributed by atoms with Crippen LogP contribution < -0.4 is 10.0 Å². The number of sulfonamides is 1. The number of hydrogen-bond donors (Lipinski definition) is 2. The zero-order valence-electron chi connectivity index (χ0n) is 15.1. The van der Waals surface area contributed by atoms with Crippen LogP contribution in [0.25, 0.3) is 0 Å². The van der Waals surface area contributed by atoms with E-state index in [0.717, 1.165) is 5.56 Å². The molecular formula is C21H19ClN2O3S. The van der Waals surface area contributed by atoms with Gasteiger partial charge in [0.1, 0.15) is 0 Å².